The minimum absolute atomic E-state index is 0.0591. The van der Waals surface area contributed by atoms with Crippen LogP contribution in [0.3, 0.4) is 0 Å². The second-order valence-corrected chi connectivity index (χ2v) is 3.15. The Labute approximate surface area is 79.7 Å². The van der Waals surface area contributed by atoms with E-state index in [0.29, 0.717) is 5.52 Å². The third-order valence-corrected chi connectivity index (χ3v) is 2.16. The van der Waals surface area contributed by atoms with Gasteiger partial charge in [0.1, 0.15) is 11.5 Å². The predicted molar refractivity (Wildman–Crippen MR) is 52.5 cm³/mol. The Morgan fingerprint density at radius 3 is 2.71 bits per heavy atom. The van der Waals surface area contributed by atoms with E-state index in [1.165, 1.54) is 12.1 Å². The minimum Gasteiger partial charge on any atom is -0.508 e. The molecule has 0 saturated carbocycles. The summed E-state index contributed by atoms with van der Waals surface area (Å²) in [6, 6.07) is 3.97. The van der Waals surface area contributed by atoms with E-state index in [2.05, 4.69) is 0 Å². The molecule has 1 heterocycles. The van der Waals surface area contributed by atoms with Crippen molar-refractivity contribution in [3.63, 3.8) is 0 Å². The minimum atomic E-state index is -0.254. The van der Waals surface area contributed by atoms with Crippen LogP contribution >= 0.6 is 0 Å². The van der Waals surface area contributed by atoms with Crippen LogP contribution in [0.2, 0.25) is 0 Å². The lowest BCUT2D eigenvalue weighted by molar-refractivity contribution is 0.454. The Morgan fingerprint density at radius 1 is 1.29 bits per heavy atom. The number of hydrogen-bond donors (Lipinski definition) is 2. The fraction of sp³-hybridized carbons (Fsp3) is 0.100. The Hall–Kier alpha value is -1.97. The van der Waals surface area contributed by atoms with Gasteiger partial charge in [-0.2, -0.15) is 0 Å². The van der Waals surface area contributed by atoms with Gasteiger partial charge in [-0.15, -0.1) is 0 Å². The summed E-state index contributed by atoms with van der Waals surface area (Å²) in [5.74, 6) is -0.252. The van der Waals surface area contributed by atoms with E-state index in [4.69, 9.17) is 0 Å². The van der Waals surface area contributed by atoms with Gasteiger partial charge in [0.05, 0.1) is 10.9 Å². The Bertz CT molecular complexity index is 557. The molecule has 0 aliphatic carbocycles. The van der Waals surface area contributed by atoms with E-state index in [0.717, 1.165) is 6.07 Å². The molecule has 0 aliphatic heterocycles. The molecule has 2 aromatic rings. The highest BCUT2D eigenvalue weighted by Gasteiger charge is 2.07. The predicted octanol–water partition coefficient (Wildman–Crippen LogP) is 0.950. The second kappa shape index (κ2) is 2.77. The van der Waals surface area contributed by atoms with Crippen molar-refractivity contribution in [1.29, 1.82) is 0 Å². The van der Waals surface area contributed by atoms with Gasteiger partial charge in [0, 0.05) is 31.4 Å². The maximum Gasteiger partial charge on any atom is 0.193 e. The molecule has 0 bridgehead atoms. The lowest BCUT2D eigenvalue weighted by Crippen LogP contribution is -2.04. The van der Waals surface area contributed by atoms with Crippen molar-refractivity contribution in [2.24, 2.45) is 7.05 Å². The van der Waals surface area contributed by atoms with Crippen molar-refractivity contribution in [2.75, 3.05) is 0 Å². The van der Waals surface area contributed by atoms with Gasteiger partial charge in [0.25, 0.3) is 0 Å². The van der Waals surface area contributed by atoms with Crippen LogP contribution in [-0.2, 0) is 7.05 Å². The van der Waals surface area contributed by atoms with Gasteiger partial charge in [-0.25, -0.2) is 0 Å². The number of phenols is 2. The molecule has 1 aromatic carbocycles. The zero-order valence-corrected chi connectivity index (χ0v) is 7.56. The summed E-state index contributed by atoms with van der Waals surface area (Å²) >= 11 is 0. The number of rotatable bonds is 0. The van der Waals surface area contributed by atoms with Crippen LogP contribution in [0, 0.1) is 0 Å². The third kappa shape index (κ3) is 1.12. The molecule has 2 rings (SSSR count). The van der Waals surface area contributed by atoms with Crippen LogP contribution < -0.4 is 5.43 Å². The first kappa shape index (κ1) is 8.62. The maximum absolute atomic E-state index is 11.4. The largest absolute Gasteiger partial charge is 0.508 e. The van der Waals surface area contributed by atoms with Crippen molar-refractivity contribution in [1.82, 2.24) is 4.57 Å². The van der Waals surface area contributed by atoms with Crippen LogP contribution in [-0.4, -0.2) is 14.8 Å². The van der Waals surface area contributed by atoms with Crippen LogP contribution in [0.25, 0.3) is 10.9 Å². The standard InChI is InChI=1S/C10H9NO3/c1-11-3-2-8(13)10-7(11)4-6(12)5-9(10)14/h2-5,12,14H,1H3. The number of pyridine rings is 1. The molecule has 4 heteroatoms. The van der Waals surface area contributed by atoms with Crippen molar-refractivity contribution in [3.05, 3.63) is 34.6 Å². The number of hydrogen-bond acceptors (Lipinski definition) is 3. The Balaban J connectivity index is 3.08. The molecule has 0 atom stereocenters. The van der Waals surface area contributed by atoms with Crippen LogP contribution in [0.4, 0.5) is 0 Å². The fourth-order valence-corrected chi connectivity index (χ4v) is 1.47. The van der Waals surface area contributed by atoms with E-state index >= 15 is 0 Å². The molecular formula is C10H9NO3. The normalized spacial score (nSPS) is 10.6. The lowest BCUT2D eigenvalue weighted by Gasteiger charge is -2.06. The smallest absolute Gasteiger partial charge is 0.193 e. The molecule has 0 radical (unpaired) electrons. The van der Waals surface area contributed by atoms with Crippen LogP contribution in [0.5, 0.6) is 11.5 Å². The van der Waals surface area contributed by atoms with Crippen molar-refractivity contribution in [3.8, 4) is 11.5 Å². The van der Waals surface area contributed by atoms with E-state index in [-0.39, 0.29) is 22.3 Å². The number of phenolic OH excluding ortho intramolecular Hbond substituents is 2. The Morgan fingerprint density at radius 2 is 2.00 bits per heavy atom. The van der Waals surface area contributed by atoms with Gasteiger partial charge in [0.15, 0.2) is 5.43 Å². The molecule has 1 aromatic heterocycles. The fourth-order valence-electron chi connectivity index (χ4n) is 1.47. The molecule has 72 valence electrons. The van der Waals surface area contributed by atoms with E-state index in [1.54, 1.807) is 17.8 Å². The lowest BCUT2D eigenvalue weighted by atomic mass is 10.2. The molecule has 0 aliphatic rings. The zero-order chi connectivity index (χ0) is 10.3. The SMILES string of the molecule is Cn1ccc(=O)c2c(O)cc(O)cc21. The first-order valence-electron chi connectivity index (χ1n) is 4.11. The van der Waals surface area contributed by atoms with Gasteiger partial charge in [-0.05, 0) is 0 Å². The highest BCUT2D eigenvalue weighted by molar-refractivity contribution is 5.86. The summed E-state index contributed by atoms with van der Waals surface area (Å²) in [6.45, 7) is 0. The van der Waals surface area contributed by atoms with E-state index < -0.39 is 0 Å². The number of aromatic hydroxyl groups is 2. The molecule has 0 amide bonds. The van der Waals surface area contributed by atoms with E-state index in [1.807, 2.05) is 0 Å². The first-order valence-corrected chi connectivity index (χ1v) is 4.11. The summed E-state index contributed by atoms with van der Waals surface area (Å²) in [5.41, 5.74) is 0.255. The molecule has 0 unspecified atom stereocenters. The van der Waals surface area contributed by atoms with Crippen LogP contribution in [0.1, 0.15) is 0 Å². The van der Waals surface area contributed by atoms with Gasteiger partial charge in [0.2, 0.25) is 0 Å². The highest BCUT2D eigenvalue weighted by atomic mass is 16.3. The summed E-state index contributed by atoms with van der Waals surface area (Å²) in [6.07, 6.45) is 1.59. The molecule has 4 nitrogen and oxygen atoms in total. The zero-order valence-electron chi connectivity index (χ0n) is 7.56. The topological polar surface area (TPSA) is 62.5 Å². The van der Waals surface area contributed by atoms with Gasteiger partial charge in [-0.1, -0.05) is 0 Å². The average Bonchev–Trinajstić information content (AvgIpc) is 2.10. The number of nitrogens with zero attached hydrogens (tertiary/aromatic N) is 1. The van der Waals surface area contributed by atoms with Crippen molar-refractivity contribution in [2.45, 2.75) is 0 Å². The Kier molecular flexibility index (Phi) is 1.70. The number of aromatic nitrogens is 1. The molecule has 2 N–H and O–H groups in total. The van der Waals surface area contributed by atoms with Crippen molar-refractivity contribution >= 4 is 10.9 Å². The number of benzene rings is 1. The quantitative estimate of drug-likeness (QED) is 0.651. The highest BCUT2D eigenvalue weighted by Crippen LogP contribution is 2.26. The maximum atomic E-state index is 11.4. The van der Waals surface area contributed by atoms with Crippen LogP contribution in [0.15, 0.2) is 29.2 Å². The monoisotopic (exact) mass is 191 g/mol. The van der Waals surface area contributed by atoms with Crippen molar-refractivity contribution < 1.29 is 10.2 Å². The molecule has 0 spiro atoms. The summed E-state index contributed by atoms with van der Waals surface area (Å²) < 4.78 is 1.66. The summed E-state index contributed by atoms with van der Waals surface area (Å²) in [5, 5.41) is 19.0. The second-order valence-electron chi connectivity index (χ2n) is 3.15. The molecule has 14 heavy (non-hydrogen) atoms. The first-order chi connectivity index (χ1) is 6.59. The van der Waals surface area contributed by atoms with Gasteiger partial charge < -0.3 is 14.8 Å². The van der Waals surface area contributed by atoms with Gasteiger partial charge >= 0.3 is 0 Å². The van der Waals surface area contributed by atoms with E-state index in [9.17, 15) is 15.0 Å². The summed E-state index contributed by atoms with van der Waals surface area (Å²) in [4.78, 5) is 11.4. The number of aryl methyl sites for hydroxylation is 1. The number of fused-ring (bicyclic) bond motifs is 1. The third-order valence-electron chi connectivity index (χ3n) is 2.16. The molecule has 0 fully saturated rings. The molecular weight excluding hydrogens is 182 g/mol. The summed E-state index contributed by atoms with van der Waals surface area (Å²) in [7, 11) is 1.74. The average molecular weight is 191 g/mol. The molecule has 0 saturated heterocycles. The van der Waals surface area contributed by atoms with Gasteiger partial charge in [-0.3, -0.25) is 4.79 Å².